The highest BCUT2D eigenvalue weighted by molar-refractivity contribution is 5.13. The summed E-state index contributed by atoms with van der Waals surface area (Å²) in [7, 11) is 2.20. The second-order valence-corrected chi connectivity index (χ2v) is 4.65. The van der Waals surface area contributed by atoms with Gasteiger partial charge in [0, 0.05) is 37.8 Å². The molecular weight excluding hydrogens is 200 g/mol. The molecule has 1 fully saturated rings. The van der Waals surface area contributed by atoms with Crippen LogP contribution in [0, 0.1) is 6.92 Å². The molecule has 0 radical (unpaired) electrons. The second-order valence-electron chi connectivity index (χ2n) is 4.65. The van der Waals surface area contributed by atoms with Crippen molar-refractivity contribution in [1.82, 2.24) is 20.2 Å². The number of likely N-dealkylation sites (N-methyl/N-ethyl adjacent to an activating group) is 1. The van der Waals surface area contributed by atoms with Crippen molar-refractivity contribution in [3.63, 3.8) is 0 Å². The van der Waals surface area contributed by atoms with Crippen LogP contribution in [0.25, 0.3) is 0 Å². The average Bonchev–Trinajstić information content (AvgIpc) is 2.62. The van der Waals surface area contributed by atoms with Crippen LogP contribution in [0.4, 0.5) is 0 Å². The predicted octanol–water partition coefficient (Wildman–Crippen LogP) is 0.727. The third kappa shape index (κ3) is 2.44. The third-order valence-electron chi connectivity index (χ3n) is 3.44. The summed E-state index contributed by atoms with van der Waals surface area (Å²) in [5.74, 6) is 1.13. The smallest absolute Gasteiger partial charge is 0.108 e. The van der Waals surface area contributed by atoms with Crippen LogP contribution in [0.3, 0.4) is 0 Å². The Hall–Kier alpha value is -0.870. The van der Waals surface area contributed by atoms with E-state index >= 15 is 0 Å². The van der Waals surface area contributed by atoms with Gasteiger partial charge in [-0.3, -0.25) is 0 Å². The van der Waals surface area contributed by atoms with Gasteiger partial charge in [0.1, 0.15) is 5.82 Å². The fourth-order valence-corrected chi connectivity index (χ4v) is 2.32. The van der Waals surface area contributed by atoms with E-state index < -0.39 is 0 Å². The molecule has 0 aliphatic carbocycles. The van der Waals surface area contributed by atoms with Crippen molar-refractivity contribution < 1.29 is 0 Å². The predicted molar refractivity (Wildman–Crippen MR) is 65.7 cm³/mol. The quantitative estimate of drug-likeness (QED) is 0.792. The minimum absolute atomic E-state index is 0.573. The number of aryl methyl sites for hydroxylation is 2. The summed E-state index contributed by atoms with van der Waals surface area (Å²) in [6.07, 6.45) is 2.03. The standard InChI is InChI=1S/C12H22N4/c1-4-11-9(2)14-12(15-11)7-10-8-13-5-6-16(10)3/h10,13H,4-8H2,1-3H3,(H,14,15). The van der Waals surface area contributed by atoms with Gasteiger partial charge in [0.25, 0.3) is 0 Å². The molecule has 1 aliphatic heterocycles. The number of H-pyrrole nitrogens is 1. The van der Waals surface area contributed by atoms with Crippen LogP contribution in [0.1, 0.15) is 24.1 Å². The Morgan fingerprint density at radius 2 is 2.31 bits per heavy atom. The van der Waals surface area contributed by atoms with Gasteiger partial charge >= 0.3 is 0 Å². The van der Waals surface area contributed by atoms with Gasteiger partial charge in [-0.15, -0.1) is 0 Å². The first-order valence-electron chi connectivity index (χ1n) is 6.16. The largest absolute Gasteiger partial charge is 0.346 e. The first-order chi connectivity index (χ1) is 7.70. The molecule has 1 atom stereocenters. The Bertz CT molecular complexity index is 345. The molecule has 0 amide bonds. The molecule has 0 saturated carbocycles. The SMILES string of the molecule is CCc1nc(CC2CNCCN2C)[nH]c1C. The molecule has 1 unspecified atom stereocenters. The van der Waals surface area contributed by atoms with E-state index in [4.69, 9.17) is 0 Å². The molecule has 0 bridgehead atoms. The van der Waals surface area contributed by atoms with Gasteiger partial charge in [-0.1, -0.05) is 6.92 Å². The van der Waals surface area contributed by atoms with Crippen LogP contribution >= 0.6 is 0 Å². The maximum absolute atomic E-state index is 4.65. The molecule has 2 rings (SSSR count). The van der Waals surface area contributed by atoms with Gasteiger partial charge in [-0.25, -0.2) is 4.98 Å². The fourth-order valence-electron chi connectivity index (χ4n) is 2.32. The molecule has 0 aromatic carbocycles. The maximum atomic E-state index is 4.65. The Morgan fingerprint density at radius 3 is 2.94 bits per heavy atom. The highest BCUT2D eigenvalue weighted by Crippen LogP contribution is 2.10. The average molecular weight is 222 g/mol. The van der Waals surface area contributed by atoms with Gasteiger partial charge in [-0.2, -0.15) is 0 Å². The summed E-state index contributed by atoms with van der Waals surface area (Å²) in [6, 6.07) is 0.573. The number of piperazine rings is 1. The number of aromatic amines is 1. The Morgan fingerprint density at radius 1 is 1.50 bits per heavy atom. The lowest BCUT2D eigenvalue weighted by Crippen LogP contribution is -2.50. The summed E-state index contributed by atoms with van der Waals surface area (Å²) >= 11 is 0. The molecule has 2 heterocycles. The maximum Gasteiger partial charge on any atom is 0.108 e. The van der Waals surface area contributed by atoms with Crippen molar-refractivity contribution >= 4 is 0 Å². The van der Waals surface area contributed by atoms with Gasteiger partial charge in [0.05, 0.1) is 5.69 Å². The van der Waals surface area contributed by atoms with E-state index in [1.54, 1.807) is 0 Å². The van der Waals surface area contributed by atoms with Crippen LogP contribution < -0.4 is 5.32 Å². The van der Waals surface area contributed by atoms with E-state index in [9.17, 15) is 0 Å². The summed E-state index contributed by atoms with van der Waals surface area (Å²) in [5.41, 5.74) is 2.44. The Kier molecular flexibility index (Phi) is 3.61. The van der Waals surface area contributed by atoms with E-state index in [-0.39, 0.29) is 0 Å². The summed E-state index contributed by atoms with van der Waals surface area (Å²) < 4.78 is 0. The van der Waals surface area contributed by atoms with Crippen molar-refractivity contribution in [1.29, 1.82) is 0 Å². The first-order valence-corrected chi connectivity index (χ1v) is 6.16. The fraction of sp³-hybridized carbons (Fsp3) is 0.750. The molecule has 1 aromatic heterocycles. The Labute approximate surface area is 97.4 Å². The molecular formula is C12H22N4. The number of hydrogen-bond donors (Lipinski definition) is 2. The van der Waals surface area contributed by atoms with Crippen LogP contribution in [0.5, 0.6) is 0 Å². The molecule has 1 aliphatic rings. The van der Waals surface area contributed by atoms with E-state index in [1.165, 1.54) is 11.4 Å². The Balaban J connectivity index is 2.02. The molecule has 0 spiro atoms. The third-order valence-corrected chi connectivity index (χ3v) is 3.44. The zero-order valence-corrected chi connectivity index (χ0v) is 10.5. The molecule has 90 valence electrons. The monoisotopic (exact) mass is 222 g/mol. The van der Waals surface area contributed by atoms with Gasteiger partial charge < -0.3 is 15.2 Å². The highest BCUT2D eigenvalue weighted by atomic mass is 15.2. The van der Waals surface area contributed by atoms with Gasteiger partial charge in [0.15, 0.2) is 0 Å². The number of aromatic nitrogens is 2. The minimum Gasteiger partial charge on any atom is -0.346 e. The van der Waals surface area contributed by atoms with E-state index in [0.29, 0.717) is 6.04 Å². The zero-order chi connectivity index (χ0) is 11.5. The lowest BCUT2D eigenvalue weighted by Gasteiger charge is -2.32. The summed E-state index contributed by atoms with van der Waals surface area (Å²) in [5, 5.41) is 3.44. The van der Waals surface area contributed by atoms with Crippen LogP contribution in [-0.2, 0) is 12.8 Å². The molecule has 1 aromatic rings. The van der Waals surface area contributed by atoms with Crippen molar-refractivity contribution in [2.24, 2.45) is 0 Å². The summed E-state index contributed by atoms with van der Waals surface area (Å²) in [4.78, 5) is 10.5. The molecule has 1 saturated heterocycles. The minimum atomic E-state index is 0.573. The van der Waals surface area contributed by atoms with Crippen LogP contribution in [-0.4, -0.2) is 47.6 Å². The van der Waals surface area contributed by atoms with Crippen LogP contribution in [0.2, 0.25) is 0 Å². The molecule has 2 N–H and O–H groups in total. The molecule has 16 heavy (non-hydrogen) atoms. The number of hydrogen-bond acceptors (Lipinski definition) is 3. The first kappa shape index (κ1) is 11.6. The van der Waals surface area contributed by atoms with Crippen molar-refractivity contribution in [2.75, 3.05) is 26.7 Å². The number of nitrogens with one attached hydrogen (secondary N) is 2. The lowest BCUT2D eigenvalue weighted by molar-refractivity contribution is 0.197. The van der Waals surface area contributed by atoms with E-state index in [1.807, 2.05) is 0 Å². The topological polar surface area (TPSA) is 44.0 Å². The lowest BCUT2D eigenvalue weighted by atomic mass is 10.1. The number of nitrogens with zero attached hydrogens (tertiary/aromatic N) is 2. The van der Waals surface area contributed by atoms with E-state index in [2.05, 4.69) is 41.1 Å². The zero-order valence-electron chi connectivity index (χ0n) is 10.5. The number of rotatable bonds is 3. The van der Waals surface area contributed by atoms with Crippen molar-refractivity contribution in [3.8, 4) is 0 Å². The summed E-state index contributed by atoms with van der Waals surface area (Å²) in [6.45, 7) is 7.56. The molecule has 4 nitrogen and oxygen atoms in total. The number of imidazole rings is 1. The van der Waals surface area contributed by atoms with E-state index in [0.717, 1.165) is 38.3 Å². The van der Waals surface area contributed by atoms with Crippen molar-refractivity contribution in [2.45, 2.75) is 32.7 Å². The van der Waals surface area contributed by atoms with Crippen LogP contribution in [0.15, 0.2) is 0 Å². The molecule has 4 heteroatoms. The van der Waals surface area contributed by atoms with Gasteiger partial charge in [0.2, 0.25) is 0 Å². The normalized spacial score (nSPS) is 22.6. The highest BCUT2D eigenvalue weighted by Gasteiger charge is 2.20. The second kappa shape index (κ2) is 4.97. The van der Waals surface area contributed by atoms with Gasteiger partial charge in [-0.05, 0) is 20.4 Å². The van der Waals surface area contributed by atoms with Crippen molar-refractivity contribution in [3.05, 3.63) is 17.2 Å².